The van der Waals surface area contributed by atoms with Crippen LogP contribution in [-0.2, 0) is 9.59 Å². The number of aliphatic carboxylic acids is 1. The molecule has 1 aliphatic rings. The first-order chi connectivity index (χ1) is 7.54. The average molecular weight is 228 g/mol. The van der Waals surface area contributed by atoms with Crippen molar-refractivity contribution < 1.29 is 14.7 Å². The summed E-state index contributed by atoms with van der Waals surface area (Å²) in [5.41, 5.74) is 0. The Hall–Kier alpha value is -1.10. The first-order valence-corrected chi connectivity index (χ1v) is 5.76. The number of hydrogen-bond acceptors (Lipinski definition) is 3. The molecule has 1 rings (SSSR count). The molecule has 0 aromatic rings. The van der Waals surface area contributed by atoms with Gasteiger partial charge in [-0.3, -0.25) is 14.5 Å². The molecule has 0 saturated carbocycles. The van der Waals surface area contributed by atoms with Crippen LogP contribution >= 0.6 is 0 Å². The van der Waals surface area contributed by atoms with Crippen LogP contribution in [0.2, 0.25) is 0 Å². The smallest absolute Gasteiger partial charge is 0.317 e. The lowest BCUT2D eigenvalue weighted by molar-refractivity contribution is -0.140. The molecule has 1 fully saturated rings. The van der Waals surface area contributed by atoms with Crippen molar-refractivity contribution in [3.05, 3.63) is 0 Å². The molecule has 0 aliphatic carbocycles. The van der Waals surface area contributed by atoms with Crippen LogP contribution in [-0.4, -0.2) is 59.0 Å². The summed E-state index contributed by atoms with van der Waals surface area (Å²) in [6.07, 6.45) is 1.75. The van der Waals surface area contributed by atoms with Gasteiger partial charge in [0.1, 0.15) is 0 Å². The lowest BCUT2D eigenvalue weighted by atomic mass is 10.0. The normalized spacial score (nSPS) is 17.8. The van der Waals surface area contributed by atoms with Crippen LogP contribution in [0.15, 0.2) is 0 Å². The fourth-order valence-corrected chi connectivity index (χ4v) is 2.22. The largest absolute Gasteiger partial charge is 0.480 e. The van der Waals surface area contributed by atoms with Crippen molar-refractivity contribution in [3.63, 3.8) is 0 Å². The summed E-state index contributed by atoms with van der Waals surface area (Å²) in [7, 11) is 0. The summed E-state index contributed by atoms with van der Waals surface area (Å²) in [6.45, 7) is 5.89. The first-order valence-electron chi connectivity index (χ1n) is 5.76. The fourth-order valence-electron chi connectivity index (χ4n) is 2.22. The summed E-state index contributed by atoms with van der Waals surface area (Å²) >= 11 is 0. The highest BCUT2D eigenvalue weighted by atomic mass is 16.4. The van der Waals surface area contributed by atoms with Gasteiger partial charge in [-0.2, -0.15) is 0 Å². The summed E-state index contributed by atoms with van der Waals surface area (Å²) in [6, 6.07) is 0.302. The number of rotatable bonds is 4. The zero-order valence-electron chi connectivity index (χ0n) is 9.98. The SMILES string of the molecule is CCN(CC(=O)O)C1CCN(C(C)=O)CC1. The van der Waals surface area contributed by atoms with E-state index in [0.717, 1.165) is 32.5 Å². The lowest BCUT2D eigenvalue weighted by Gasteiger charge is -2.37. The summed E-state index contributed by atoms with van der Waals surface area (Å²) in [4.78, 5) is 25.6. The Morgan fingerprint density at radius 2 is 1.94 bits per heavy atom. The minimum absolute atomic E-state index is 0.0985. The third-order valence-electron chi connectivity index (χ3n) is 3.17. The maximum absolute atomic E-state index is 11.1. The van der Waals surface area contributed by atoms with Gasteiger partial charge in [0.2, 0.25) is 5.91 Å². The van der Waals surface area contributed by atoms with E-state index in [1.807, 2.05) is 16.7 Å². The molecule has 16 heavy (non-hydrogen) atoms. The van der Waals surface area contributed by atoms with E-state index in [1.54, 1.807) is 6.92 Å². The predicted molar refractivity (Wildman–Crippen MR) is 60.2 cm³/mol. The molecule has 0 unspecified atom stereocenters. The summed E-state index contributed by atoms with van der Waals surface area (Å²) in [5.74, 6) is -0.671. The Morgan fingerprint density at radius 3 is 2.31 bits per heavy atom. The molecule has 0 aromatic heterocycles. The quantitative estimate of drug-likeness (QED) is 0.757. The number of likely N-dealkylation sites (tertiary alicyclic amines) is 1. The lowest BCUT2D eigenvalue weighted by Crippen LogP contribution is -2.47. The Labute approximate surface area is 96.0 Å². The summed E-state index contributed by atoms with van der Waals surface area (Å²) < 4.78 is 0. The van der Waals surface area contributed by atoms with Crippen LogP contribution in [0.4, 0.5) is 0 Å². The molecule has 1 N–H and O–H groups in total. The number of carbonyl (C=O) groups is 2. The van der Waals surface area contributed by atoms with Gasteiger partial charge in [-0.25, -0.2) is 0 Å². The third kappa shape index (κ3) is 3.48. The van der Waals surface area contributed by atoms with Gasteiger partial charge in [0.05, 0.1) is 6.54 Å². The molecule has 0 aromatic carbocycles. The zero-order chi connectivity index (χ0) is 12.1. The molecule has 0 atom stereocenters. The van der Waals surface area contributed by atoms with Gasteiger partial charge in [0.25, 0.3) is 0 Å². The minimum atomic E-state index is -0.782. The second-order valence-electron chi connectivity index (χ2n) is 4.19. The molecule has 1 aliphatic heterocycles. The van der Waals surface area contributed by atoms with E-state index in [0.29, 0.717) is 6.04 Å². The third-order valence-corrected chi connectivity index (χ3v) is 3.17. The number of likely N-dealkylation sites (N-methyl/N-ethyl adjacent to an activating group) is 1. The highest BCUT2D eigenvalue weighted by Crippen LogP contribution is 2.16. The number of carboxylic acid groups (broad SMARTS) is 1. The van der Waals surface area contributed by atoms with E-state index in [-0.39, 0.29) is 12.5 Å². The van der Waals surface area contributed by atoms with Crippen LogP contribution in [0.5, 0.6) is 0 Å². The Kier molecular flexibility index (Phi) is 4.73. The monoisotopic (exact) mass is 228 g/mol. The Morgan fingerprint density at radius 1 is 1.38 bits per heavy atom. The molecular formula is C11H20N2O3. The van der Waals surface area contributed by atoms with Crippen molar-refractivity contribution >= 4 is 11.9 Å². The van der Waals surface area contributed by atoms with Gasteiger partial charge in [-0.05, 0) is 19.4 Å². The van der Waals surface area contributed by atoms with E-state index in [9.17, 15) is 9.59 Å². The molecular weight excluding hydrogens is 208 g/mol. The van der Waals surface area contributed by atoms with Gasteiger partial charge >= 0.3 is 5.97 Å². The van der Waals surface area contributed by atoms with E-state index in [2.05, 4.69) is 0 Å². The number of hydrogen-bond donors (Lipinski definition) is 1. The van der Waals surface area contributed by atoms with Crippen molar-refractivity contribution in [2.75, 3.05) is 26.2 Å². The van der Waals surface area contributed by atoms with Gasteiger partial charge in [-0.1, -0.05) is 6.92 Å². The number of nitrogens with zero attached hydrogens (tertiary/aromatic N) is 2. The van der Waals surface area contributed by atoms with E-state index in [4.69, 9.17) is 5.11 Å². The Bertz CT molecular complexity index is 260. The number of piperidine rings is 1. The summed E-state index contributed by atoms with van der Waals surface area (Å²) in [5, 5.41) is 8.78. The van der Waals surface area contributed by atoms with Crippen molar-refractivity contribution in [2.45, 2.75) is 32.7 Å². The average Bonchev–Trinajstić information content (AvgIpc) is 2.25. The fraction of sp³-hybridized carbons (Fsp3) is 0.818. The maximum atomic E-state index is 11.1. The molecule has 5 nitrogen and oxygen atoms in total. The number of carbonyl (C=O) groups excluding carboxylic acids is 1. The number of carboxylic acids is 1. The van der Waals surface area contributed by atoms with Crippen LogP contribution in [0.3, 0.4) is 0 Å². The molecule has 0 bridgehead atoms. The minimum Gasteiger partial charge on any atom is -0.480 e. The van der Waals surface area contributed by atoms with Gasteiger partial charge in [-0.15, -0.1) is 0 Å². The van der Waals surface area contributed by atoms with E-state index < -0.39 is 5.97 Å². The molecule has 1 saturated heterocycles. The second kappa shape index (κ2) is 5.84. The van der Waals surface area contributed by atoms with Crippen LogP contribution in [0.25, 0.3) is 0 Å². The van der Waals surface area contributed by atoms with Gasteiger partial charge in [0, 0.05) is 26.1 Å². The van der Waals surface area contributed by atoms with Crippen LogP contribution in [0, 0.1) is 0 Å². The van der Waals surface area contributed by atoms with Crippen molar-refractivity contribution in [2.24, 2.45) is 0 Å². The van der Waals surface area contributed by atoms with Crippen molar-refractivity contribution in [3.8, 4) is 0 Å². The maximum Gasteiger partial charge on any atom is 0.317 e. The zero-order valence-corrected chi connectivity index (χ0v) is 9.98. The molecule has 5 heteroatoms. The molecule has 1 amide bonds. The van der Waals surface area contributed by atoms with Crippen LogP contribution in [0.1, 0.15) is 26.7 Å². The molecule has 0 radical (unpaired) electrons. The van der Waals surface area contributed by atoms with Crippen molar-refractivity contribution in [1.82, 2.24) is 9.80 Å². The Balaban J connectivity index is 2.44. The predicted octanol–water partition coefficient (Wildman–Crippen LogP) is 0.404. The van der Waals surface area contributed by atoms with Crippen molar-refractivity contribution in [1.29, 1.82) is 0 Å². The van der Waals surface area contributed by atoms with Gasteiger partial charge < -0.3 is 10.0 Å². The van der Waals surface area contributed by atoms with Crippen LogP contribution < -0.4 is 0 Å². The number of amides is 1. The molecule has 1 heterocycles. The van der Waals surface area contributed by atoms with E-state index in [1.165, 1.54) is 0 Å². The first kappa shape index (κ1) is 13.0. The molecule has 0 spiro atoms. The van der Waals surface area contributed by atoms with E-state index >= 15 is 0 Å². The highest BCUT2D eigenvalue weighted by molar-refractivity contribution is 5.73. The molecule has 92 valence electrons. The topological polar surface area (TPSA) is 60.9 Å². The highest BCUT2D eigenvalue weighted by Gasteiger charge is 2.25. The second-order valence-corrected chi connectivity index (χ2v) is 4.19. The van der Waals surface area contributed by atoms with Gasteiger partial charge in [0.15, 0.2) is 0 Å². The standard InChI is InChI=1S/C11H20N2O3/c1-3-12(8-11(15)16)10-4-6-13(7-5-10)9(2)14/h10H,3-8H2,1-2H3,(H,15,16).